The first-order chi connectivity index (χ1) is 7.13. The van der Waals surface area contributed by atoms with Crippen molar-refractivity contribution in [2.45, 2.75) is 31.6 Å². The Morgan fingerprint density at radius 3 is 2.73 bits per heavy atom. The molecule has 1 aromatic rings. The fraction of sp³-hybridized carbons (Fsp3) is 0.500. The minimum atomic E-state index is 0.232. The fourth-order valence-electron chi connectivity index (χ4n) is 1.52. The van der Waals surface area contributed by atoms with Crippen LogP contribution in [0.5, 0.6) is 5.75 Å². The van der Waals surface area contributed by atoms with Gasteiger partial charge < -0.3 is 4.74 Å². The van der Waals surface area contributed by atoms with Gasteiger partial charge in [-0.05, 0) is 49.9 Å². The van der Waals surface area contributed by atoms with E-state index in [9.17, 15) is 0 Å². The zero-order chi connectivity index (χ0) is 11.3. The van der Waals surface area contributed by atoms with Crippen molar-refractivity contribution in [3.8, 4) is 5.75 Å². The van der Waals surface area contributed by atoms with Gasteiger partial charge in [-0.3, -0.25) is 0 Å². The summed E-state index contributed by atoms with van der Waals surface area (Å²) in [6, 6.07) is 5.70. The van der Waals surface area contributed by atoms with E-state index < -0.39 is 0 Å². The second-order valence-corrected chi connectivity index (χ2v) is 4.81. The van der Waals surface area contributed by atoms with Crippen LogP contribution in [0.4, 0.5) is 0 Å². The number of rotatable bonds is 5. The molecule has 0 aliphatic carbocycles. The van der Waals surface area contributed by atoms with E-state index >= 15 is 0 Å². The fourth-order valence-corrected chi connectivity index (χ4v) is 1.87. The number of benzene rings is 1. The lowest BCUT2D eigenvalue weighted by Gasteiger charge is -2.09. The first-order valence-electron chi connectivity index (χ1n) is 5.10. The number of aryl methyl sites for hydroxylation is 1. The highest BCUT2D eigenvalue weighted by Gasteiger charge is 2.04. The van der Waals surface area contributed by atoms with Gasteiger partial charge in [-0.1, -0.05) is 11.6 Å². The molecule has 1 atom stereocenters. The van der Waals surface area contributed by atoms with Gasteiger partial charge in [0, 0.05) is 10.4 Å². The Bertz CT molecular complexity index is 310. The van der Waals surface area contributed by atoms with E-state index in [-0.39, 0.29) is 5.38 Å². The molecule has 1 rings (SSSR count). The molecule has 1 unspecified atom stereocenters. The van der Waals surface area contributed by atoms with Crippen molar-refractivity contribution in [1.29, 1.82) is 0 Å². The van der Waals surface area contributed by atoms with Gasteiger partial charge in [-0.15, -0.1) is 11.6 Å². The number of ether oxygens (including phenoxy) is 1. The number of halogens is 2. The van der Waals surface area contributed by atoms with Crippen LogP contribution in [0.25, 0.3) is 0 Å². The lowest BCUT2D eigenvalue weighted by Crippen LogP contribution is -1.96. The van der Waals surface area contributed by atoms with Gasteiger partial charge in [0.05, 0.1) is 7.11 Å². The average Bonchev–Trinajstić information content (AvgIpc) is 2.17. The third-order valence-corrected chi connectivity index (χ3v) is 2.74. The first-order valence-corrected chi connectivity index (χ1v) is 5.91. The van der Waals surface area contributed by atoms with Crippen molar-refractivity contribution in [3.05, 3.63) is 28.8 Å². The van der Waals surface area contributed by atoms with E-state index in [1.54, 1.807) is 7.11 Å². The number of methoxy groups -OCH3 is 1. The normalized spacial score (nSPS) is 12.5. The molecule has 0 radical (unpaired) electrons. The van der Waals surface area contributed by atoms with E-state index in [1.807, 2.05) is 25.1 Å². The standard InChI is InChI=1S/C12H16Cl2O/c1-9(13)4-3-5-10-8-11(14)6-7-12(10)15-2/h6-9H,3-5H2,1-2H3. The average molecular weight is 247 g/mol. The third kappa shape index (κ3) is 4.31. The molecule has 15 heavy (non-hydrogen) atoms. The number of hydrogen-bond donors (Lipinski definition) is 0. The van der Waals surface area contributed by atoms with Crippen molar-refractivity contribution < 1.29 is 4.74 Å². The Morgan fingerprint density at radius 2 is 2.13 bits per heavy atom. The topological polar surface area (TPSA) is 9.23 Å². The number of alkyl halides is 1. The molecule has 0 spiro atoms. The second-order valence-electron chi connectivity index (χ2n) is 3.63. The summed E-state index contributed by atoms with van der Waals surface area (Å²) in [6.07, 6.45) is 3.03. The molecule has 0 aromatic heterocycles. The van der Waals surface area contributed by atoms with Crippen LogP contribution in [0, 0.1) is 0 Å². The van der Waals surface area contributed by atoms with Crippen LogP contribution in [-0.4, -0.2) is 12.5 Å². The van der Waals surface area contributed by atoms with Crippen molar-refractivity contribution in [2.24, 2.45) is 0 Å². The van der Waals surface area contributed by atoms with Gasteiger partial charge in [0.2, 0.25) is 0 Å². The van der Waals surface area contributed by atoms with Crippen molar-refractivity contribution in [2.75, 3.05) is 7.11 Å². The third-order valence-electron chi connectivity index (χ3n) is 2.29. The summed E-state index contributed by atoms with van der Waals surface area (Å²) in [7, 11) is 1.68. The van der Waals surface area contributed by atoms with Gasteiger partial charge in [0.25, 0.3) is 0 Å². The lowest BCUT2D eigenvalue weighted by atomic mass is 10.1. The Kier molecular flexibility index (Phi) is 5.27. The lowest BCUT2D eigenvalue weighted by molar-refractivity contribution is 0.409. The molecule has 0 aliphatic heterocycles. The van der Waals surface area contributed by atoms with Crippen molar-refractivity contribution in [1.82, 2.24) is 0 Å². The molecule has 0 aliphatic rings. The second kappa shape index (κ2) is 6.24. The molecule has 0 fully saturated rings. The summed E-state index contributed by atoms with van der Waals surface area (Å²) in [5.74, 6) is 0.904. The van der Waals surface area contributed by atoms with E-state index in [1.165, 1.54) is 0 Å². The molecule has 0 heterocycles. The highest BCUT2D eigenvalue weighted by molar-refractivity contribution is 6.30. The maximum Gasteiger partial charge on any atom is 0.122 e. The van der Waals surface area contributed by atoms with E-state index in [2.05, 4.69) is 0 Å². The Morgan fingerprint density at radius 1 is 1.40 bits per heavy atom. The van der Waals surface area contributed by atoms with Crippen LogP contribution in [0.1, 0.15) is 25.3 Å². The quantitative estimate of drug-likeness (QED) is 0.705. The molecule has 84 valence electrons. The van der Waals surface area contributed by atoms with Gasteiger partial charge >= 0.3 is 0 Å². The molecule has 0 amide bonds. The zero-order valence-electron chi connectivity index (χ0n) is 9.09. The summed E-state index contributed by atoms with van der Waals surface area (Å²) in [5.41, 5.74) is 1.15. The Balaban J connectivity index is 2.62. The maximum atomic E-state index is 5.93. The SMILES string of the molecule is COc1ccc(Cl)cc1CCCC(C)Cl. The van der Waals surface area contributed by atoms with E-state index in [4.69, 9.17) is 27.9 Å². The molecule has 3 heteroatoms. The summed E-state index contributed by atoms with van der Waals surface area (Å²) in [6.45, 7) is 2.01. The monoisotopic (exact) mass is 246 g/mol. The summed E-state index contributed by atoms with van der Waals surface area (Å²) in [5, 5.41) is 0.986. The molecule has 0 saturated carbocycles. The van der Waals surface area contributed by atoms with Crippen LogP contribution in [0.2, 0.25) is 5.02 Å². The van der Waals surface area contributed by atoms with E-state index in [0.717, 1.165) is 35.6 Å². The molecule has 1 aromatic carbocycles. The Hall–Kier alpha value is -0.400. The molecule has 1 nitrogen and oxygen atoms in total. The molecular formula is C12H16Cl2O. The van der Waals surface area contributed by atoms with Gasteiger partial charge in [-0.2, -0.15) is 0 Å². The minimum Gasteiger partial charge on any atom is -0.496 e. The molecular weight excluding hydrogens is 231 g/mol. The highest BCUT2D eigenvalue weighted by Crippen LogP contribution is 2.24. The highest BCUT2D eigenvalue weighted by atomic mass is 35.5. The Labute approximate surface area is 101 Å². The predicted octanol–water partition coefficient (Wildman–Crippen LogP) is 4.30. The predicted molar refractivity (Wildman–Crippen MR) is 66.3 cm³/mol. The van der Waals surface area contributed by atoms with Gasteiger partial charge in [0.15, 0.2) is 0 Å². The molecule has 0 saturated heterocycles. The first kappa shape index (κ1) is 12.7. The molecule has 0 bridgehead atoms. The maximum absolute atomic E-state index is 5.93. The smallest absolute Gasteiger partial charge is 0.122 e. The van der Waals surface area contributed by atoms with Crippen LogP contribution < -0.4 is 4.74 Å². The molecule has 0 N–H and O–H groups in total. The van der Waals surface area contributed by atoms with Crippen LogP contribution in [0.3, 0.4) is 0 Å². The summed E-state index contributed by atoms with van der Waals surface area (Å²) in [4.78, 5) is 0. The van der Waals surface area contributed by atoms with E-state index in [0.29, 0.717) is 0 Å². The van der Waals surface area contributed by atoms with Crippen LogP contribution >= 0.6 is 23.2 Å². The zero-order valence-corrected chi connectivity index (χ0v) is 10.6. The van der Waals surface area contributed by atoms with Crippen LogP contribution in [-0.2, 0) is 6.42 Å². The van der Waals surface area contributed by atoms with Crippen molar-refractivity contribution >= 4 is 23.2 Å². The minimum absolute atomic E-state index is 0.232. The van der Waals surface area contributed by atoms with Gasteiger partial charge in [-0.25, -0.2) is 0 Å². The number of hydrogen-bond acceptors (Lipinski definition) is 1. The van der Waals surface area contributed by atoms with Crippen molar-refractivity contribution in [3.63, 3.8) is 0 Å². The van der Waals surface area contributed by atoms with Crippen LogP contribution in [0.15, 0.2) is 18.2 Å². The largest absolute Gasteiger partial charge is 0.496 e. The summed E-state index contributed by atoms with van der Waals surface area (Å²) < 4.78 is 5.27. The van der Waals surface area contributed by atoms with Gasteiger partial charge in [0.1, 0.15) is 5.75 Å². The summed E-state index contributed by atoms with van der Waals surface area (Å²) >= 11 is 11.8.